The highest BCUT2D eigenvalue weighted by Crippen LogP contribution is 2.48. The monoisotopic (exact) mass is 386 g/mol. The van der Waals surface area contributed by atoms with Crippen LogP contribution in [0.5, 0.6) is 0 Å². The SMILES string of the molecule is Clc1ccc([C@H]2C=C(c3ccccc3)N3CCN[C@@]3(c3ccccc3)C2)cc1. The van der Waals surface area contributed by atoms with Crippen LogP contribution in [0.25, 0.3) is 5.70 Å². The third-order valence-corrected chi connectivity index (χ3v) is 6.25. The maximum atomic E-state index is 6.15. The first-order valence-corrected chi connectivity index (χ1v) is 10.2. The molecule has 0 aliphatic carbocycles. The van der Waals surface area contributed by atoms with Gasteiger partial charge in [0.25, 0.3) is 0 Å². The Bertz CT molecular complexity index is 982. The lowest BCUT2D eigenvalue weighted by molar-refractivity contribution is 0.156. The number of benzene rings is 3. The fourth-order valence-corrected chi connectivity index (χ4v) is 4.83. The van der Waals surface area contributed by atoms with E-state index < -0.39 is 0 Å². The summed E-state index contributed by atoms with van der Waals surface area (Å²) in [6.45, 7) is 1.98. The first-order chi connectivity index (χ1) is 13.8. The Morgan fingerprint density at radius 1 is 0.857 bits per heavy atom. The van der Waals surface area contributed by atoms with Crippen LogP contribution in [-0.4, -0.2) is 18.0 Å². The number of rotatable bonds is 3. The number of hydrogen-bond donors (Lipinski definition) is 1. The molecule has 1 fully saturated rings. The van der Waals surface area contributed by atoms with E-state index in [9.17, 15) is 0 Å². The molecule has 2 heterocycles. The summed E-state index contributed by atoms with van der Waals surface area (Å²) in [6, 6.07) is 29.9. The number of nitrogens with one attached hydrogen (secondary N) is 1. The van der Waals surface area contributed by atoms with E-state index in [-0.39, 0.29) is 5.66 Å². The van der Waals surface area contributed by atoms with Gasteiger partial charge in [-0.3, -0.25) is 5.32 Å². The van der Waals surface area contributed by atoms with Crippen molar-refractivity contribution in [2.24, 2.45) is 0 Å². The van der Waals surface area contributed by atoms with Gasteiger partial charge in [0, 0.05) is 29.7 Å². The maximum absolute atomic E-state index is 6.15. The molecule has 0 aromatic heterocycles. The minimum absolute atomic E-state index is 0.189. The van der Waals surface area contributed by atoms with Crippen molar-refractivity contribution in [2.45, 2.75) is 18.0 Å². The lowest BCUT2D eigenvalue weighted by atomic mass is 9.79. The summed E-state index contributed by atoms with van der Waals surface area (Å²) in [5.74, 6) is 0.314. The molecule has 1 saturated heterocycles. The molecule has 0 bridgehead atoms. The van der Waals surface area contributed by atoms with Crippen molar-refractivity contribution in [3.63, 3.8) is 0 Å². The summed E-state index contributed by atoms with van der Waals surface area (Å²) in [4.78, 5) is 2.56. The van der Waals surface area contributed by atoms with Crippen LogP contribution in [-0.2, 0) is 5.66 Å². The van der Waals surface area contributed by atoms with Crippen LogP contribution in [0.15, 0.2) is 91.0 Å². The average molecular weight is 387 g/mol. The molecule has 3 aromatic carbocycles. The summed E-state index contributed by atoms with van der Waals surface area (Å²) >= 11 is 6.15. The zero-order valence-electron chi connectivity index (χ0n) is 15.7. The lowest BCUT2D eigenvalue weighted by Gasteiger charge is -2.47. The van der Waals surface area contributed by atoms with E-state index >= 15 is 0 Å². The number of hydrogen-bond acceptors (Lipinski definition) is 2. The van der Waals surface area contributed by atoms with Crippen LogP contribution < -0.4 is 5.32 Å². The van der Waals surface area contributed by atoms with Crippen LogP contribution in [0.2, 0.25) is 5.02 Å². The van der Waals surface area contributed by atoms with Crippen molar-refractivity contribution < 1.29 is 0 Å². The molecule has 3 heteroatoms. The second-order valence-electron chi connectivity index (χ2n) is 7.58. The second-order valence-corrected chi connectivity index (χ2v) is 8.02. The molecular weight excluding hydrogens is 364 g/mol. The van der Waals surface area contributed by atoms with Gasteiger partial charge >= 0.3 is 0 Å². The zero-order valence-corrected chi connectivity index (χ0v) is 16.4. The van der Waals surface area contributed by atoms with Gasteiger partial charge in [0.15, 0.2) is 0 Å². The summed E-state index contributed by atoms with van der Waals surface area (Å²) < 4.78 is 0. The molecule has 2 atom stereocenters. The highest BCUT2D eigenvalue weighted by atomic mass is 35.5. The number of fused-ring (bicyclic) bond motifs is 1. The summed E-state index contributed by atoms with van der Waals surface area (Å²) in [6.07, 6.45) is 3.43. The molecule has 28 heavy (non-hydrogen) atoms. The Morgan fingerprint density at radius 2 is 1.54 bits per heavy atom. The fourth-order valence-electron chi connectivity index (χ4n) is 4.70. The predicted octanol–water partition coefficient (Wildman–Crippen LogP) is 5.63. The van der Waals surface area contributed by atoms with Crippen molar-refractivity contribution in [1.82, 2.24) is 10.2 Å². The first-order valence-electron chi connectivity index (χ1n) is 9.87. The van der Waals surface area contributed by atoms with E-state index in [0.717, 1.165) is 24.5 Å². The molecule has 2 aliphatic rings. The van der Waals surface area contributed by atoms with Crippen molar-refractivity contribution in [3.05, 3.63) is 113 Å². The number of allylic oxidation sites excluding steroid dienone is 1. The van der Waals surface area contributed by atoms with Gasteiger partial charge < -0.3 is 4.90 Å². The van der Waals surface area contributed by atoms with Crippen molar-refractivity contribution in [1.29, 1.82) is 0 Å². The number of halogens is 1. The molecule has 0 amide bonds. The Hall–Kier alpha value is -2.55. The summed E-state index contributed by atoms with van der Waals surface area (Å²) in [5.41, 5.74) is 5.02. The molecule has 140 valence electrons. The molecule has 0 spiro atoms. The highest BCUT2D eigenvalue weighted by molar-refractivity contribution is 6.30. The first kappa shape index (κ1) is 17.5. The van der Waals surface area contributed by atoms with Crippen LogP contribution >= 0.6 is 11.6 Å². The molecular formula is C25H23ClN2. The Balaban J connectivity index is 1.67. The van der Waals surface area contributed by atoms with Crippen molar-refractivity contribution in [3.8, 4) is 0 Å². The van der Waals surface area contributed by atoms with Gasteiger partial charge in [0.05, 0.1) is 0 Å². The number of nitrogens with zero attached hydrogens (tertiary/aromatic N) is 1. The second kappa shape index (κ2) is 7.12. The predicted molar refractivity (Wildman–Crippen MR) is 116 cm³/mol. The molecule has 0 saturated carbocycles. The molecule has 2 aliphatic heterocycles. The van der Waals surface area contributed by atoms with Gasteiger partial charge in [-0.1, -0.05) is 90.5 Å². The van der Waals surface area contributed by atoms with E-state index in [0.29, 0.717) is 5.92 Å². The van der Waals surface area contributed by atoms with E-state index in [1.165, 1.54) is 22.4 Å². The van der Waals surface area contributed by atoms with Crippen molar-refractivity contribution in [2.75, 3.05) is 13.1 Å². The summed E-state index contributed by atoms with van der Waals surface area (Å²) in [5, 5.41) is 4.64. The van der Waals surface area contributed by atoms with E-state index in [2.05, 4.69) is 89.1 Å². The topological polar surface area (TPSA) is 15.3 Å². The van der Waals surface area contributed by atoms with Crippen LogP contribution in [0.1, 0.15) is 29.0 Å². The van der Waals surface area contributed by atoms with E-state index in [4.69, 9.17) is 11.6 Å². The van der Waals surface area contributed by atoms with Crippen LogP contribution in [0, 0.1) is 0 Å². The Labute approximate surface area is 171 Å². The fraction of sp³-hybridized carbons (Fsp3) is 0.200. The lowest BCUT2D eigenvalue weighted by Crippen LogP contribution is -2.50. The normalized spacial score (nSPS) is 24.0. The smallest absolute Gasteiger partial charge is 0.118 e. The van der Waals surface area contributed by atoms with Gasteiger partial charge in [0.1, 0.15) is 5.66 Å². The van der Waals surface area contributed by atoms with Gasteiger partial charge in [-0.2, -0.15) is 0 Å². The van der Waals surface area contributed by atoms with Gasteiger partial charge in [-0.15, -0.1) is 0 Å². The highest BCUT2D eigenvalue weighted by Gasteiger charge is 2.47. The maximum Gasteiger partial charge on any atom is 0.118 e. The molecule has 1 N–H and O–H groups in total. The Morgan fingerprint density at radius 3 is 2.25 bits per heavy atom. The Kier molecular flexibility index (Phi) is 4.46. The third kappa shape index (κ3) is 2.94. The minimum Gasteiger partial charge on any atom is -0.348 e. The minimum atomic E-state index is -0.189. The largest absolute Gasteiger partial charge is 0.348 e. The van der Waals surface area contributed by atoms with Gasteiger partial charge in [-0.25, -0.2) is 0 Å². The molecule has 3 aromatic rings. The molecule has 0 radical (unpaired) electrons. The molecule has 0 unspecified atom stereocenters. The zero-order chi connectivity index (χ0) is 19.0. The average Bonchev–Trinajstić information content (AvgIpc) is 3.20. The van der Waals surface area contributed by atoms with Crippen LogP contribution in [0.4, 0.5) is 0 Å². The summed E-state index contributed by atoms with van der Waals surface area (Å²) in [7, 11) is 0. The van der Waals surface area contributed by atoms with Crippen LogP contribution in [0.3, 0.4) is 0 Å². The standard InChI is InChI=1S/C25H23ClN2/c26-23-13-11-19(12-14-23)21-17-24(20-7-3-1-4-8-20)28-16-15-27-25(28,18-21)22-9-5-2-6-10-22/h1-14,17,21,27H,15-16,18H2/t21-,25-/m0/s1. The third-order valence-electron chi connectivity index (χ3n) is 6.00. The van der Waals surface area contributed by atoms with E-state index in [1.54, 1.807) is 0 Å². The van der Waals surface area contributed by atoms with E-state index in [1.807, 2.05) is 12.1 Å². The van der Waals surface area contributed by atoms with Gasteiger partial charge in [-0.05, 0) is 35.2 Å². The molecule has 5 rings (SSSR count). The van der Waals surface area contributed by atoms with Crippen molar-refractivity contribution >= 4 is 17.3 Å². The molecule has 2 nitrogen and oxygen atoms in total. The van der Waals surface area contributed by atoms with Gasteiger partial charge in [0.2, 0.25) is 0 Å². The quantitative estimate of drug-likeness (QED) is 0.627.